The Morgan fingerprint density at radius 3 is 2.74 bits per heavy atom. The Labute approximate surface area is 126 Å². The van der Waals surface area contributed by atoms with Crippen LogP contribution in [-0.4, -0.2) is 27.5 Å². The molecule has 1 atom stereocenters. The largest absolute Gasteiger partial charge is 0.315 e. The van der Waals surface area contributed by atoms with Gasteiger partial charge in [0.1, 0.15) is 10.7 Å². The highest BCUT2D eigenvalue weighted by molar-refractivity contribution is 9.10. The van der Waals surface area contributed by atoms with E-state index in [1.54, 1.807) is 0 Å². The maximum atomic E-state index is 13.6. The first-order valence-corrected chi connectivity index (χ1v) is 7.95. The molecule has 1 saturated heterocycles. The highest BCUT2D eigenvalue weighted by Crippen LogP contribution is 2.20. The number of nitrogens with one attached hydrogen (secondary N) is 2. The third-order valence-corrected chi connectivity index (χ3v) is 4.85. The van der Waals surface area contributed by atoms with E-state index in [2.05, 4.69) is 26.0 Å². The van der Waals surface area contributed by atoms with Gasteiger partial charge in [0.05, 0.1) is 0 Å². The van der Waals surface area contributed by atoms with E-state index in [0.29, 0.717) is 11.0 Å². The minimum absolute atomic E-state index is 0. The highest BCUT2D eigenvalue weighted by atomic mass is 79.9. The van der Waals surface area contributed by atoms with Crippen LogP contribution in [0, 0.1) is 5.82 Å². The van der Waals surface area contributed by atoms with Gasteiger partial charge in [-0.3, -0.25) is 0 Å². The van der Waals surface area contributed by atoms with Crippen molar-refractivity contribution in [3.05, 3.63) is 28.5 Å². The summed E-state index contributed by atoms with van der Waals surface area (Å²) in [5.41, 5.74) is 0. The van der Waals surface area contributed by atoms with Crippen LogP contribution in [0.1, 0.15) is 12.8 Å². The molecule has 1 aliphatic rings. The second-order valence-electron chi connectivity index (χ2n) is 4.24. The molecule has 0 aromatic heterocycles. The SMILES string of the molecule is Cl.O=S(=O)(N[C@@H]1CCCNC1)c1ccc(Br)cc1F. The molecule has 0 spiro atoms. The number of hydrogen-bond acceptors (Lipinski definition) is 3. The summed E-state index contributed by atoms with van der Waals surface area (Å²) >= 11 is 3.10. The van der Waals surface area contributed by atoms with E-state index in [9.17, 15) is 12.8 Å². The summed E-state index contributed by atoms with van der Waals surface area (Å²) in [6.07, 6.45) is 1.68. The number of benzene rings is 1. The molecule has 1 aromatic carbocycles. The van der Waals surface area contributed by atoms with E-state index in [4.69, 9.17) is 0 Å². The van der Waals surface area contributed by atoms with Gasteiger partial charge in [-0.1, -0.05) is 15.9 Å². The van der Waals surface area contributed by atoms with Gasteiger partial charge in [-0.05, 0) is 37.6 Å². The zero-order chi connectivity index (χ0) is 13.2. The van der Waals surface area contributed by atoms with Crippen molar-refractivity contribution >= 4 is 38.4 Å². The molecule has 1 aromatic rings. The maximum absolute atomic E-state index is 13.6. The van der Waals surface area contributed by atoms with Crippen LogP contribution in [-0.2, 0) is 10.0 Å². The number of rotatable bonds is 3. The molecule has 0 radical (unpaired) electrons. The van der Waals surface area contributed by atoms with Crippen molar-refractivity contribution in [3.63, 3.8) is 0 Å². The van der Waals surface area contributed by atoms with Crippen LogP contribution in [0.3, 0.4) is 0 Å². The van der Waals surface area contributed by atoms with Crippen molar-refractivity contribution in [2.24, 2.45) is 0 Å². The average molecular weight is 374 g/mol. The Bertz CT molecular complexity index is 535. The topological polar surface area (TPSA) is 58.2 Å². The predicted molar refractivity (Wildman–Crippen MR) is 77.6 cm³/mol. The Kier molecular flexibility index (Phi) is 6.19. The molecule has 0 unspecified atom stereocenters. The maximum Gasteiger partial charge on any atom is 0.243 e. The molecule has 1 heterocycles. The van der Waals surface area contributed by atoms with E-state index < -0.39 is 15.8 Å². The summed E-state index contributed by atoms with van der Waals surface area (Å²) in [7, 11) is -3.79. The molecular formula is C11H15BrClFN2O2S. The third-order valence-electron chi connectivity index (χ3n) is 2.80. The van der Waals surface area contributed by atoms with Gasteiger partial charge in [0.15, 0.2) is 0 Å². The molecule has 4 nitrogen and oxygen atoms in total. The lowest BCUT2D eigenvalue weighted by molar-refractivity contribution is 0.427. The molecule has 1 fully saturated rings. The fraction of sp³-hybridized carbons (Fsp3) is 0.455. The quantitative estimate of drug-likeness (QED) is 0.852. The summed E-state index contributed by atoms with van der Waals surface area (Å²) in [6, 6.07) is 3.74. The molecule has 0 saturated carbocycles. The molecule has 1 aliphatic heterocycles. The smallest absolute Gasteiger partial charge is 0.243 e. The normalized spacial score (nSPS) is 19.8. The molecule has 0 bridgehead atoms. The molecule has 2 N–H and O–H groups in total. The molecule has 8 heteroatoms. The van der Waals surface area contributed by atoms with Crippen molar-refractivity contribution in [1.29, 1.82) is 0 Å². The summed E-state index contributed by atoms with van der Waals surface area (Å²) in [4.78, 5) is -0.309. The molecule has 2 rings (SSSR count). The third kappa shape index (κ3) is 4.39. The van der Waals surface area contributed by atoms with Crippen molar-refractivity contribution in [3.8, 4) is 0 Å². The summed E-state index contributed by atoms with van der Waals surface area (Å²) < 4.78 is 40.8. The predicted octanol–water partition coefficient (Wildman–Crippen LogP) is 2.04. The van der Waals surface area contributed by atoms with Gasteiger partial charge in [0.2, 0.25) is 10.0 Å². The van der Waals surface area contributed by atoms with Crippen molar-refractivity contribution in [2.45, 2.75) is 23.8 Å². The monoisotopic (exact) mass is 372 g/mol. The molecule has 0 amide bonds. The highest BCUT2D eigenvalue weighted by Gasteiger charge is 2.24. The van der Waals surface area contributed by atoms with E-state index in [1.165, 1.54) is 12.1 Å². The lowest BCUT2D eigenvalue weighted by atomic mass is 10.1. The van der Waals surface area contributed by atoms with E-state index in [-0.39, 0.29) is 23.3 Å². The fourth-order valence-electron chi connectivity index (χ4n) is 1.93. The standard InChI is InChI=1S/C11H14BrFN2O2S.ClH/c12-8-3-4-11(10(13)6-8)18(16,17)15-9-2-1-5-14-7-9;/h3-4,6,9,14-15H,1-2,5,7H2;1H/t9-;/m1./s1. The van der Waals surface area contributed by atoms with E-state index in [1.807, 2.05) is 0 Å². The molecule has 0 aliphatic carbocycles. The minimum atomic E-state index is -3.79. The van der Waals surface area contributed by atoms with Crippen LogP contribution in [0.15, 0.2) is 27.6 Å². The van der Waals surface area contributed by atoms with Crippen LogP contribution in [0.2, 0.25) is 0 Å². The Balaban J connectivity index is 0.00000180. The van der Waals surface area contributed by atoms with Gasteiger partial charge < -0.3 is 5.32 Å². The second kappa shape index (κ2) is 6.99. The first-order valence-electron chi connectivity index (χ1n) is 5.67. The van der Waals surface area contributed by atoms with Crippen molar-refractivity contribution < 1.29 is 12.8 Å². The van der Waals surface area contributed by atoms with Crippen LogP contribution in [0.25, 0.3) is 0 Å². The first kappa shape index (κ1) is 16.8. The second-order valence-corrected chi connectivity index (χ2v) is 6.84. The summed E-state index contributed by atoms with van der Waals surface area (Å²) in [5.74, 6) is -0.749. The number of hydrogen-bond donors (Lipinski definition) is 2. The number of piperidine rings is 1. The van der Waals surface area contributed by atoms with E-state index >= 15 is 0 Å². The lowest BCUT2D eigenvalue weighted by Crippen LogP contribution is -2.45. The molecule has 19 heavy (non-hydrogen) atoms. The van der Waals surface area contributed by atoms with E-state index in [0.717, 1.165) is 25.5 Å². The zero-order valence-electron chi connectivity index (χ0n) is 10.0. The Hall–Kier alpha value is -0.210. The zero-order valence-corrected chi connectivity index (χ0v) is 13.2. The summed E-state index contributed by atoms with van der Waals surface area (Å²) in [6.45, 7) is 1.47. The van der Waals surface area contributed by atoms with Gasteiger partial charge >= 0.3 is 0 Å². The number of sulfonamides is 1. The lowest BCUT2D eigenvalue weighted by Gasteiger charge is -2.23. The minimum Gasteiger partial charge on any atom is -0.315 e. The van der Waals surface area contributed by atoms with Crippen LogP contribution in [0.4, 0.5) is 4.39 Å². The average Bonchev–Trinajstić information content (AvgIpc) is 2.29. The van der Waals surface area contributed by atoms with Gasteiger partial charge in [0, 0.05) is 17.1 Å². The van der Waals surface area contributed by atoms with Gasteiger partial charge in [-0.15, -0.1) is 12.4 Å². The Morgan fingerprint density at radius 2 is 2.16 bits per heavy atom. The number of halogens is 3. The fourth-order valence-corrected chi connectivity index (χ4v) is 3.59. The van der Waals surface area contributed by atoms with Crippen LogP contribution >= 0.6 is 28.3 Å². The van der Waals surface area contributed by atoms with Crippen molar-refractivity contribution in [2.75, 3.05) is 13.1 Å². The van der Waals surface area contributed by atoms with Crippen LogP contribution in [0.5, 0.6) is 0 Å². The molecular weight excluding hydrogens is 359 g/mol. The van der Waals surface area contributed by atoms with Gasteiger partial charge in [0.25, 0.3) is 0 Å². The van der Waals surface area contributed by atoms with Crippen molar-refractivity contribution in [1.82, 2.24) is 10.0 Å². The Morgan fingerprint density at radius 1 is 1.42 bits per heavy atom. The van der Waals surface area contributed by atoms with Crippen LogP contribution < -0.4 is 10.0 Å². The van der Waals surface area contributed by atoms with Gasteiger partial charge in [-0.25, -0.2) is 17.5 Å². The molecule has 108 valence electrons. The first-order chi connectivity index (χ1) is 8.49. The van der Waals surface area contributed by atoms with Gasteiger partial charge in [-0.2, -0.15) is 0 Å². The summed E-state index contributed by atoms with van der Waals surface area (Å²) in [5, 5.41) is 3.10.